The molecule has 1 aromatic carbocycles. The van der Waals surface area contributed by atoms with Crippen LogP contribution in [0.5, 0.6) is 0 Å². The van der Waals surface area contributed by atoms with Crippen molar-refractivity contribution in [2.75, 3.05) is 11.9 Å². The molecule has 27 heavy (non-hydrogen) atoms. The van der Waals surface area contributed by atoms with Gasteiger partial charge in [0.05, 0.1) is 11.4 Å². The van der Waals surface area contributed by atoms with E-state index in [9.17, 15) is 4.79 Å². The zero-order chi connectivity index (χ0) is 18.2. The summed E-state index contributed by atoms with van der Waals surface area (Å²) in [6, 6.07) is 8.50. The number of nitrogens with one attached hydrogen (secondary N) is 2. The van der Waals surface area contributed by atoms with Gasteiger partial charge in [-0.1, -0.05) is 32.9 Å². The maximum Gasteiger partial charge on any atom is 0.255 e. The minimum atomic E-state index is -0.0854. The summed E-state index contributed by atoms with van der Waals surface area (Å²) >= 11 is 0. The van der Waals surface area contributed by atoms with Gasteiger partial charge in [0.25, 0.3) is 5.91 Å². The highest BCUT2D eigenvalue weighted by molar-refractivity contribution is 6.04. The van der Waals surface area contributed by atoms with Gasteiger partial charge in [-0.25, -0.2) is 0 Å². The number of benzene rings is 1. The van der Waals surface area contributed by atoms with Gasteiger partial charge in [-0.3, -0.25) is 9.48 Å². The van der Waals surface area contributed by atoms with Crippen LogP contribution in [0, 0.1) is 12.3 Å². The second-order valence-electron chi connectivity index (χ2n) is 8.27. The maximum atomic E-state index is 12.5. The molecule has 0 aliphatic heterocycles. The highest BCUT2D eigenvalue weighted by Gasteiger charge is 2.38. The van der Waals surface area contributed by atoms with Crippen LogP contribution < -0.4 is 10.6 Å². The number of aryl methyl sites for hydroxylation is 2. The molecule has 1 saturated carbocycles. The SMILES string of the molecule is Cc1nn(C)cc1NC(=O)c1cccc([C@@H]2C[C@H]2NCC(C)(C)C)c1.Cl.Cl. The monoisotopic (exact) mass is 412 g/mol. The summed E-state index contributed by atoms with van der Waals surface area (Å²) in [5.41, 5.74) is 3.80. The van der Waals surface area contributed by atoms with Crippen LogP contribution in [0.3, 0.4) is 0 Å². The topological polar surface area (TPSA) is 59.0 Å². The largest absolute Gasteiger partial charge is 0.319 e. The van der Waals surface area contributed by atoms with Gasteiger partial charge in [0, 0.05) is 37.3 Å². The Morgan fingerprint density at radius 3 is 2.59 bits per heavy atom. The summed E-state index contributed by atoms with van der Waals surface area (Å²) in [5.74, 6) is 0.424. The zero-order valence-corrected chi connectivity index (χ0v) is 18.2. The molecule has 5 nitrogen and oxygen atoms in total. The van der Waals surface area contributed by atoms with Crippen LogP contribution in [0.1, 0.15) is 54.7 Å². The number of nitrogens with zero attached hydrogens (tertiary/aromatic N) is 2. The Morgan fingerprint density at radius 1 is 1.30 bits per heavy atom. The van der Waals surface area contributed by atoms with Gasteiger partial charge in [-0.05, 0) is 36.5 Å². The van der Waals surface area contributed by atoms with Crippen molar-refractivity contribution in [3.63, 3.8) is 0 Å². The van der Waals surface area contributed by atoms with Gasteiger partial charge in [-0.2, -0.15) is 5.10 Å². The number of halogens is 2. The fourth-order valence-corrected chi connectivity index (χ4v) is 3.05. The third-order valence-corrected chi connectivity index (χ3v) is 4.52. The fourth-order valence-electron chi connectivity index (χ4n) is 3.05. The molecule has 1 aromatic heterocycles. The lowest BCUT2D eigenvalue weighted by molar-refractivity contribution is 0.102. The molecule has 7 heteroatoms. The van der Waals surface area contributed by atoms with Crippen LogP contribution in [0.4, 0.5) is 5.69 Å². The van der Waals surface area contributed by atoms with Crippen LogP contribution in [-0.2, 0) is 7.05 Å². The lowest BCUT2D eigenvalue weighted by Crippen LogP contribution is -2.29. The average Bonchev–Trinajstić information content (AvgIpc) is 3.24. The first-order chi connectivity index (χ1) is 11.7. The number of rotatable bonds is 5. The Morgan fingerprint density at radius 2 is 2.00 bits per heavy atom. The summed E-state index contributed by atoms with van der Waals surface area (Å²) < 4.78 is 1.71. The van der Waals surface area contributed by atoms with Gasteiger partial charge < -0.3 is 10.6 Å². The molecule has 1 amide bonds. The van der Waals surface area contributed by atoms with E-state index in [4.69, 9.17) is 0 Å². The molecule has 2 N–H and O–H groups in total. The van der Waals surface area contributed by atoms with Crippen LogP contribution in [0.25, 0.3) is 0 Å². The number of carbonyl (C=O) groups is 1. The molecule has 0 spiro atoms. The summed E-state index contributed by atoms with van der Waals surface area (Å²) in [4.78, 5) is 12.5. The van der Waals surface area contributed by atoms with Crippen molar-refractivity contribution in [2.45, 2.75) is 46.1 Å². The summed E-state index contributed by atoms with van der Waals surface area (Å²) in [7, 11) is 1.85. The van der Waals surface area contributed by atoms with Crippen molar-refractivity contribution in [1.82, 2.24) is 15.1 Å². The Kier molecular flexibility index (Phi) is 7.90. The molecule has 1 heterocycles. The third-order valence-electron chi connectivity index (χ3n) is 4.52. The zero-order valence-electron chi connectivity index (χ0n) is 16.6. The van der Waals surface area contributed by atoms with Gasteiger partial charge in [0.2, 0.25) is 0 Å². The van der Waals surface area contributed by atoms with Crippen molar-refractivity contribution in [3.8, 4) is 0 Å². The highest BCUT2D eigenvalue weighted by atomic mass is 35.5. The molecule has 150 valence electrons. The van der Waals surface area contributed by atoms with Crippen molar-refractivity contribution in [1.29, 1.82) is 0 Å². The third kappa shape index (κ3) is 6.23. The van der Waals surface area contributed by atoms with Gasteiger partial charge in [0.15, 0.2) is 0 Å². The molecule has 0 unspecified atom stereocenters. The molecular weight excluding hydrogens is 383 g/mol. The van der Waals surface area contributed by atoms with Gasteiger partial charge >= 0.3 is 0 Å². The first-order valence-corrected chi connectivity index (χ1v) is 8.88. The standard InChI is InChI=1S/C20H28N4O.2ClH/c1-13-18(11-24(5)23-13)22-19(25)15-8-6-7-14(9-15)16-10-17(16)21-12-20(2,3)4;;/h6-9,11,16-17,21H,10,12H2,1-5H3,(H,22,25);2*1H/t16-,17+;;/m0../s1. The van der Waals surface area contributed by atoms with E-state index in [1.54, 1.807) is 4.68 Å². The molecule has 3 rings (SSSR count). The van der Waals surface area contributed by atoms with E-state index < -0.39 is 0 Å². The smallest absolute Gasteiger partial charge is 0.255 e. The minimum absolute atomic E-state index is 0. The molecule has 1 fully saturated rings. The number of hydrogen-bond donors (Lipinski definition) is 2. The van der Waals surface area contributed by atoms with E-state index in [1.807, 2.05) is 38.4 Å². The molecule has 1 aliphatic rings. The highest BCUT2D eigenvalue weighted by Crippen LogP contribution is 2.41. The summed E-state index contributed by atoms with van der Waals surface area (Å²) in [6.07, 6.45) is 2.97. The fraction of sp³-hybridized carbons (Fsp3) is 0.500. The average molecular weight is 413 g/mol. The summed E-state index contributed by atoms with van der Waals surface area (Å²) in [5, 5.41) is 10.8. The second kappa shape index (κ2) is 9.09. The molecule has 2 aromatic rings. The molecule has 0 bridgehead atoms. The normalized spacial score (nSPS) is 18.3. The van der Waals surface area contributed by atoms with E-state index in [0.29, 0.717) is 17.5 Å². The van der Waals surface area contributed by atoms with Crippen LogP contribution in [0.2, 0.25) is 0 Å². The lowest BCUT2D eigenvalue weighted by atomic mass is 9.97. The number of carbonyl (C=O) groups excluding carboxylic acids is 1. The van der Waals surface area contributed by atoms with Crippen LogP contribution in [-0.4, -0.2) is 28.3 Å². The molecule has 2 atom stereocenters. The Hall–Kier alpha value is -1.56. The molecule has 0 saturated heterocycles. The molecular formula is C20H30Cl2N4O. The van der Waals surface area contributed by atoms with Crippen molar-refractivity contribution in [2.24, 2.45) is 12.5 Å². The predicted octanol–water partition coefficient (Wildman–Crippen LogP) is 4.32. The van der Waals surface area contributed by atoms with Gasteiger partial charge in [0.1, 0.15) is 0 Å². The Labute approximate surface area is 174 Å². The Balaban J connectivity index is 0.00000182. The number of anilines is 1. The van der Waals surface area contributed by atoms with Crippen LogP contribution >= 0.6 is 24.8 Å². The predicted molar refractivity (Wildman–Crippen MR) is 115 cm³/mol. The van der Waals surface area contributed by atoms with Crippen molar-refractivity contribution in [3.05, 3.63) is 47.3 Å². The van der Waals surface area contributed by atoms with E-state index >= 15 is 0 Å². The first kappa shape index (κ1) is 23.5. The Bertz CT molecular complexity index is 783. The van der Waals surface area contributed by atoms with Crippen molar-refractivity contribution < 1.29 is 4.79 Å². The quantitative estimate of drug-likeness (QED) is 0.768. The summed E-state index contributed by atoms with van der Waals surface area (Å²) in [6.45, 7) is 9.62. The van der Waals surface area contributed by atoms with Crippen molar-refractivity contribution >= 4 is 36.4 Å². The van der Waals surface area contributed by atoms with E-state index in [1.165, 1.54) is 5.56 Å². The van der Waals surface area contributed by atoms with E-state index in [0.717, 1.165) is 24.3 Å². The lowest BCUT2D eigenvalue weighted by Gasteiger charge is -2.18. The van der Waals surface area contributed by atoms with E-state index in [2.05, 4.69) is 42.6 Å². The maximum absolute atomic E-state index is 12.5. The molecule has 0 radical (unpaired) electrons. The first-order valence-electron chi connectivity index (χ1n) is 8.88. The van der Waals surface area contributed by atoms with Crippen LogP contribution in [0.15, 0.2) is 30.5 Å². The minimum Gasteiger partial charge on any atom is -0.319 e. The second-order valence-corrected chi connectivity index (χ2v) is 8.27. The van der Waals surface area contributed by atoms with Gasteiger partial charge in [-0.15, -0.1) is 24.8 Å². The number of hydrogen-bond acceptors (Lipinski definition) is 3. The van der Waals surface area contributed by atoms with E-state index in [-0.39, 0.29) is 36.1 Å². The molecule has 1 aliphatic carbocycles. The number of amides is 1. The number of aromatic nitrogens is 2.